The number of hydrogen-bond acceptors (Lipinski definition) is 6. The number of rotatable bonds is 4. The van der Waals surface area contributed by atoms with E-state index < -0.39 is 16.6 Å². The van der Waals surface area contributed by atoms with E-state index in [1.54, 1.807) is 12.1 Å². The average molecular weight is 386 g/mol. The third-order valence-electron chi connectivity index (χ3n) is 4.77. The first-order chi connectivity index (χ1) is 13.5. The van der Waals surface area contributed by atoms with E-state index >= 15 is 0 Å². The van der Waals surface area contributed by atoms with Crippen molar-refractivity contribution in [3.8, 4) is 11.4 Å². The van der Waals surface area contributed by atoms with Crippen LogP contribution in [0, 0.1) is 21.7 Å². The van der Waals surface area contributed by atoms with Crippen LogP contribution >= 0.6 is 0 Å². The number of benzene rings is 2. The number of hydrogen-bond donors (Lipinski definition) is 0. The van der Waals surface area contributed by atoms with Crippen molar-refractivity contribution in [1.29, 1.82) is 0 Å². The summed E-state index contributed by atoms with van der Waals surface area (Å²) in [4.78, 5) is 16.9. The molecule has 1 unspecified atom stereocenters. The summed E-state index contributed by atoms with van der Waals surface area (Å²) < 4.78 is 32.2. The molecule has 1 fully saturated rings. The first-order valence-electron chi connectivity index (χ1n) is 8.79. The summed E-state index contributed by atoms with van der Waals surface area (Å²) in [7, 11) is 0. The topological polar surface area (TPSA) is 85.3 Å². The van der Waals surface area contributed by atoms with Crippen molar-refractivity contribution >= 4 is 11.4 Å². The zero-order valence-corrected chi connectivity index (χ0v) is 14.7. The van der Waals surface area contributed by atoms with Crippen LogP contribution in [-0.4, -0.2) is 28.2 Å². The van der Waals surface area contributed by atoms with Crippen molar-refractivity contribution in [3.05, 3.63) is 70.1 Å². The molecule has 144 valence electrons. The largest absolute Gasteiger partial charge is 0.365 e. The van der Waals surface area contributed by atoms with Crippen molar-refractivity contribution < 1.29 is 18.2 Å². The molecule has 1 aliphatic rings. The standard InChI is InChI=1S/C19H16F2N4O3/c20-14-5-1-3-12(9-14)18-22-19(28-23-18)13-4-2-8-24(11-13)16-7-6-15(21)10-17(16)25(26)27/h1,3,5-7,9-10,13H,2,4,8,11H2. The molecule has 1 aliphatic heterocycles. The molecular formula is C19H16F2N4O3. The lowest BCUT2D eigenvalue weighted by atomic mass is 9.97. The molecule has 28 heavy (non-hydrogen) atoms. The van der Waals surface area contributed by atoms with Crippen LogP contribution < -0.4 is 4.90 Å². The van der Waals surface area contributed by atoms with Gasteiger partial charge in [0.15, 0.2) is 0 Å². The summed E-state index contributed by atoms with van der Waals surface area (Å²) in [5, 5.41) is 15.2. The smallest absolute Gasteiger partial charge is 0.295 e. The normalized spacial score (nSPS) is 16.9. The molecule has 4 rings (SSSR count). The number of nitro groups is 1. The molecule has 0 amide bonds. The summed E-state index contributed by atoms with van der Waals surface area (Å²) >= 11 is 0. The van der Waals surface area contributed by atoms with Crippen molar-refractivity contribution in [2.45, 2.75) is 18.8 Å². The van der Waals surface area contributed by atoms with E-state index in [0.717, 1.165) is 18.9 Å². The van der Waals surface area contributed by atoms with E-state index in [0.29, 0.717) is 36.1 Å². The quantitative estimate of drug-likeness (QED) is 0.491. The van der Waals surface area contributed by atoms with Crippen LogP contribution in [0.25, 0.3) is 11.4 Å². The van der Waals surface area contributed by atoms with Crippen molar-refractivity contribution in [1.82, 2.24) is 10.1 Å². The number of anilines is 1. The lowest BCUT2D eigenvalue weighted by Crippen LogP contribution is -2.34. The molecule has 0 bridgehead atoms. The van der Waals surface area contributed by atoms with Gasteiger partial charge in [-0.2, -0.15) is 4.98 Å². The second-order valence-corrected chi connectivity index (χ2v) is 6.64. The molecule has 0 N–H and O–H groups in total. The average Bonchev–Trinajstić information content (AvgIpc) is 3.18. The summed E-state index contributed by atoms with van der Waals surface area (Å²) in [6.07, 6.45) is 1.53. The Balaban J connectivity index is 1.58. The second-order valence-electron chi connectivity index (χ2n) is 6.64. The zero-order valence-electron chi connectivity index (χ0n) is 14.7. The van der Waals surface area contributed by atoms with Gasteiger partial charge in [-0.15, -0.1) is 0 Å². The van der Waals surface area contributed by atoms with Gasteiger partial charge in [-0.25, -0.2) is 8.78 Å². The molecule has 2 heterocycles. The van der Waals surface area contributed by atoms with Crippen LogP contribution in [0.1, 0.15) is 24.7 Å². The molecule has 2 aromatic carbocycles. The van der Waals surface area contributed by atoms with Crippen LogP contribution in [0.3, 0.4) is 0 Å². The number of halogens is 2. The molecule has 1 saturated heterocycles. The molecule has 0 aliphatic carbocycles. The van der Waals surface area contributed by atoms with Gasteiger partial charge in [0.25, 0.3) is 5.69 Å². The summed E-state index contributed by atoms with van der Waals surface area (Å²) in [6.45, 7) is 1.03. The maximum absolute atomic E-state index is 13.4. The van der Waals surface area contributed by atoms with Gasteiger partial charge < -0.3 is 9.42 Å². The maximum atomic E-state index is 13.4. The predicted octanol–water partition coefficient (Wildman–Crippen LogP) is 4.31. The third-order valence-corrected chi connectivity index (χ3v) is 4.77. The molecular weight excluding hydrogens is 370 g/mol. The van der Waals surface area contributed by atoms with E-state index in [1.807, 2.05) is 4.90 Å². The Morgan fingerprint density at radius 3 is 2.79 bits per heavy atom. The first-order valence-corrected chi connectivity index (χ1v) is 8.79. The highest BCUT2D eigenvalue weighted by Crippen LogP contribution is 2.35. The van der Waals surface area contributed by atoms with Crippen molar-refractivity contribution in [2.24, 2.45) is 0 Å². The lowest BCUT2D eigenvalue weighted by Gasteiger charge is -2.32. The molecule has 9 heteroatoms. The van der Waals surface area contributed by atoms with Gasteiger partial charge >= 0.3 is 0 Å². The maximum Gasteiger partial charge on any atom is 0.295 e. The van der Waals surface area contributed by atoms with Gasteiger partial charge in [0.1, 0.15) is 17.3 Å². The fourth-order valence-corrected chi connectivity index (χ4v) is 3.45. The Kier molecular flexibility index (Phi) is 4.72. The third kappa shape index (κ3) is 3.55. The molecule has 1 aromatic heterocycles. The van der Waals surface area contributed by atoms with E-state index in [1.165, 1.54) is 24.3 Å². The van der Waals surface area contributed by atoms with E-state index in [2.05, 4.69) is 10.1 Å². The van der Waals surface area contributed by atoms with Gasteiger partial charge in [0.2, 0.25) is 11.7 Å². The van der Waals surface area contributed by atoms with Crippen LogP contribution in [0.15, 0.2) is 47.0 Å². The molecule has 7 nitrogen and oxygen atoms in total. The van der Waals surface area contributed by atoms with Crippen molar-refractivity contribution in [2.75, 3.05) is 18.0 Å². The summed E-state index contributed by atoms with van der Waals surface area (Å²) in [5.74, 6) is -0.488. The number of nitrogens with zero attached hydrogens (tertiary/aromatic N) is 4. The van der Waals surface area contributed by atoms with Crippen molar-refractivity contribution in [3.63, 3.8) is 0 Å². The Morgan fingerprint density at radius 1 is 1.18 bits per heavy atom. The van der Waals surface area contributed by atoms with E-state index in [9.17, 15) is 18.9 Å². The fourth-order valence-electron chi connectivity index (χ4n) is 3.45. The Labute approximate surface area is 158 Å². The summed E-state index contributed by atoms with van der Waals surface area (Å²) in [6, 6.07) is 9.46. The van der Waals surface area contributed by atoms with Gasteiger partial charge in [0, 0.05) is 18.7 Å². The number of nitro benzene ring substituents is 1. The predicted molar refractivity (Wildman–Crippen MR) is 96.9 cm³/mol. The molecule has 3 aromatic rings. The number of piperidine rings is 1. The SMILES string of the molecule is O=[N+]([O-])c1cc(F)ccc1N1CCCC(c2nc(-c3cccc(F)c3)no2)C1. The van der Waals surface area contributed by atoms with Gasteiger partial charge in [-0.1, -0.05) is 17.3 Å². The minimum atomic E-state index is -0.652. The Morgan fingerprint density at radius 2 is 2.00 bits per heavy atom. The molecule has 1 atom stereocenters. The minimum Gasteiger partial charge on any atom is -0.365 e. The van der Waals surface area contributed by atoms with Crippen LogP contribution in [0.2, 0.25) is 0 Å². The fraction of sp³-hybridized carbons (Fsp3) is 0.263. The van der Waals surface area contributed by atoms with Crippen LogP contribution in [-0.2, 0) is 0 Å². The van der Waals surface area contributed by atoms with Gasteiger partial charge in [0.05, 0.1) is 16.9 Å². The monoisotopic (exact) mass is 386 g/mol. The van der Waals surface area contributed by atoms with E-state index in [4.69, 9.17) is 4.52 Å². The molecule has 0 radical (unpaired) electrons. The minimum absolute atomic E-state index is 0.131. The van der Waals surface area contributed by atoms with Gasteiger partial charge in [-0.3, -0.25) is 10.1 Å². The van der Waals surface area contributed by atoms with Gasteiger partial charge in [-0.05, 0) is 37.1 Å². The Bertz CT molecular complexity index is 1020. The van der Waals surface area contributed by atoms with Crippen LogP contribution in [0.4, 0.5) is 20.2 Å². The highest BCUT2D eigenvalue weighted by Gasteiger charge is 2.29. The first kappa shape index (κ1) is 18.0. The number of aromatic nitrogens is 2. The second kappa shape index (κ2) is 7.34. The molecule has 0 spiro atoms. The van der Waals surface area contributed by atoms with Crippen LogP contribution in [0.5, 0.6) is 0 Å². The van der Waals surface area contributed by atoms with E-state index in [-0.39, 0.29) is 11.6 Å². The highest BCUT2D eigenvalue weighted by atomic mass is 19.1. The lowest BCUT2D eigenvalue weighted by molar-refractivity contribution is -0.384. The molecule has 0 saturated carbocycles. The summed E-state index contributed by atoms with van der Waals surface area (Å²) in [5.41, 5.74) is 0.601. The highest BCUT2D eigenvalue weighted by molar-refractivity contribution is 5.63. The Hall–Kier alpha value is -3.36. The zero-order chi connectivity index (χ0) is 19.7.